The number of carbonyl (C=O) groups excluding carboxylic acids is 1. The predicted octanol–water partition coefficient (Wildman–Crippen LogP) is 1.25. The van der Waals surface area contributed by atoms with E-state index in [4.69, 9.17) is 10.5 Å². The molecule has 0 aliphatic heterocycles. The molecule has 0 atom stereocenters. The molecule has 2 N–H and O–H groups in total. The first kappa shape index (κ1) is 11.5. The first-order chi connectivity index (χ1) is 7.08. The van der Waals surface area contributed by atoms with Crippen LogP contribution in [0.5, 0.6) is 5.75 Å². The van der Waals surface area contributed by atoms with E-state index in [1.807, 2.05) is 32.3 Å². The second-order valence-electron chi connectivity index (χ2n) is 3.62. The molecule has 15 heavy (non-hydrogen) atoms. The quantitative estimate of drug-likeness (QED) is 0.810. The Labute approximate surface area is 89.6 Å². The molecule has 0 aliphatic carbocycles. The van der Waals surface area contributed by atoms with Gasteiger partial charge in [0, 0.05) is 6.54 Å². The summed E-state index contributed by atoms with van der Waals surface area (Å²) in [6.45, 7) is 0.958. The summed E-state index contributed by atoms with van der Waals surface area (Å²) in [5.41, 5.74) is 6.05. The molecule has 1 rings (SSSR count). The Hall–Kier alpha value is -1.55. The van der Waals surface area contributed by atoms with Crippen LogP contribution in [0.4, 0.5) is 4.79 Å². The minimum absolute atomic E-state index is 0.499. The Kier molecular flexibility index (Phi) is 4.12. The Morgan fingerprint density at radius 3 is 2.80 bits per heavy atom. The molecule has 1 aromatic rings. The normalized spacial score (nSPS) is 10.3. The van der Waals surface area contributed by atoms with Crippen LogP contribution in [-0.4, -0.2) is 31.6 Å². The van der Waals surface area contributed by atoms with Gasteiger partial charge < -0.3 is 15.4 Å². The van der Waals surface area contributed by atoms with Gasteiger partial charge in [-0.1, -0.05) is 12.1 Å². The van der Waals surface area contributed by atoms with Gasteiger partial charge >= 0.3 is 6.09 Å². The summed E-state index contributed by atoms with van der Waals surface area (Å²) in [7, 11) is 4.04. The molecular formula is C11H16N2O2. The van der Waals surface area contributed by atoms with Crippen molar-refractivity contribution in [1.29, 1.82) is 0 Å². The van der Waals surface area contributed by atoms with E-state index in [0.717, 1.165) is 18.5 Å². The topological polar surface area (TPSA) is 55.6 Å². The maximum atomic E-state index is 10.5. The van der Waals surface area contributed by atoms with Crippen molar-refractivity contribution in [3.63, 3.8) is 0 Å². The molecule has 0 saturated carbocycles. The fourth-order valence-corrected chi connectivity index (χ4v) is 1.23. The molecule has 4 heteroatoms. The SMILES string of the molecule is CN(C)CCc1cccc(OC(N)=O)c1. The Morgan fingerprint density at radius 1 is 1.47 bits per heavy atom. The molecule has 0 unspecified atom stereocenters. The zero-order chi connectivity index (χ0) is 11.3. The second-order valence-corrected chi connectivity index (χ2v) is 3.62. The van der Waals surface area contributed by atoms with Crippen molar-refractivity contribution in [3.05, 3.63) is 29.8 Å². The van der Waals surface area contributed by atoms with Crippen molar-refractivity contribution in [1.82, 2.24) is 4.90 Å². The molecule has 4 nitrogen and oxygen atoms in total. The number of primary amides is 1. The summed E-state index contributed by atoms with van der Waals surface area (Å²) in [6.07, 6.45) is 0.142. The van der Waals surface area contributed by atoms with Gasteiger partial charge in [-0.3, -0.25) is 0 Å². The van der Waals surface area contributed by atoms with Crippen molar-refractivity contribution >= 4 is 6.09 Å². The number of ether oxygens (including phenoxy) is 1. The van der Waals surface area contributed by atoms with E-state index < -0.39 is 6.09 Å². The number of likely N-dealkylation sites (N-methyl/N-ethyl adjacent to an activating group) is 1. The highest BCUT2D eigenvalue weighted by Gasteiger charge is 2.00. The maximum Gasteiger partial charge on any atom is 0.409 e. The standard InChI is InChI=1S/C11H16N2O2/c1-13(2)7-6-9-4-3-5-10(8-9)15-11(12)14/h3-5,8H,6-7H2,1-2H3,(H2,12,14). The fraction of sp³-hybridized carbons (Fsp3) is 0.364. The van der Waals surface area contributed by atoms with Gasteiger partial charge in [0.05, 0.1) is 0 Å². The Bertz CT molecular complexity index is 337. The van der Waals surface area contributed by atoms with E-state index in [0.29, 0.717) is 5.75 Å². The highest BCUT2D eigenvalue weighted by Crippen LogP contribution is 2.13. The lowest BCUT2D eigenvalue weighted by Gasteiger charge is -2.09. The van der Waals surface area contributed by atoms with Crippen LogP contribution in [0.15, 0.2) is 24.3 Å². The van der Waals surface area contributed by atoms with E-state index in [-0.39, 0.29) is 0 Å². The van der Waals surface area contributed by atoms with Crippen molar-refractivity contribution in [3.8, 4) is 5.75 Å². The highest BCUT2D eigenvalue weighted by molar-refractivity contribution is 5.68. The second kappa shape index (κ2) is 5.36. The van der Waals surface area contributed by atoms with Crippen LogP contribution < -0.4 is 10.5 Å². The zero-order valence-corrected chi connectivity index (χ0v) is 9.06. The highest BCUT2D eigenvalue weighted by atomic mass is 16.5. The number of nitrogens with two attached hydrogens (primary N) is 1. The lowest BCUT2D eigenvalue weighted by atomic mass is 10.1. The molecule has 0 saturated heterocycles. The third-order valence-electron chi connectivity index (χ3n) is 1.96. The molecule has 0 aromatic heterocycles. The van der Waals surface area contributed by atoms with Gasteiger partial charge in [0.15, 0.2) is 0 Å². The monoisotopic (exact) mass is 208 g/mol. The van der Waals surface area contributed by atoms with Gasteiger partial charge in [0.25, 0.3) is 0 Å². The Balaban J connectivity index is 2.61. The van der Waals surface area contributed by atoms with Crippen molar-refractivity contribution < 1.29 is 9.53 Å². The first-order valence-corrected chi connectivity index (χ1v) is 4.79. The lowest BCUT2D eigenvalue weighted by Crippen LogP contribution is -2.17. The van der Waals surface area contributed by atoms with Crippen molar-refractivity contribution in [2.45, 2.75) is 6.42 Å². The van der Waals surface area contributed by atoms with Gasteiger partial charge in [-0.15, -0.1) is 0 Å². The van der Waals surface area contributed by atoms with Crippen LogP contribution in [0.25, 0.3) is 0 Å². The van der Waals surface area contributed by atoms with Crippen molar-refractivity contribution in [2.75, 3.05) is 20.6 Å². The number of nitrogens with zero attached hydrogens (tertiary/aromatic N) is 1. The van der Waals surface area contributed by atoms with Gasteiger partial charge in [0.2, 0.25) is 0 Å². The van der Waals surface area contributed by atoms with E-state index >= 15 is 0 Å². The van der Waals surface area contributed by atoms with Gasteiger partial charge in [-0.05, 0) is 38.2 Å². The molecule has 0 bridgehead atoms. The maximum absolute atomic E-state index is 10.5. The number of rotatable bonds is 4. The van der Waals surface area contributed by atoms with Gasteiger partial charge in [0.1, 0.15) is 5.75 Å². The van der Waals surface area contributed by atoms with Crippen LogP contribution in [0.2, 0.25) is 0 Å². The molecule has 82 valence electrons. The summed E-state index contributed by atoms with van der Waals surface area (Å²) in [4.78, 5) is 12.6. The molecule has 0 fully saturated rings. The number of amides is 1. The smallest absolute Gasteiger partial charge is 0.409 e. The first-order valence-electron chi connectivity index (χ1n) is 4.79. The average molecular weight is 208 g/mol. The largest absolute Gasteiger partial charge is 0.410 e. The fourth-order valence-electron chi connectivity index (χ4n) is 1.23. The molecule has 1 aromatic carbocycles. The van der Waals surface area contributed by atoms with Crippen molar-refractivity contribution in [2.24, 2.45) is 5.73 Å². The van der Waals surface area contributed by atoms with E-state index in [9.17, 15) is 4.79 Å². The van der Waals surface area contributed by atoms with Crippen LogP contribution >= 0.6 is 0 Å². The van der Waals surface area contributed by atoms with Crippen LogP contribution in [0.3, 0.4) is 0 Å². The summed E-state index contributed by atoms with van der Waals surface area (Å²) in [5, 5.41) is 0. The van der Waals surface area contributed by atoms with Crippen LogP contribution in [-0.2, 0) is 6.42 Å². The van der Waals surface area contributed by atoms with Gasteiger partial charge in [-0.25, -0.2) is 4.79 Å². The third kappa shape index (κ3) is 4.46. The summed E-state index contributed by atoms with van der Waals surface area (Å²) in [6, 6.07) is 7.39. The predicted molar refractivity (Wildman–Crippen MR) is 58.9 cm³/mol. The molecule has 1 amide bonds. The number of carbonyl (C=O) groups is 1. The van der Waals surface area contributed by atoms with Gasteiger partial charge in [-0.2, -0.15) is 0 Å². The van der Waals surface area contributed by atoms with E-state index in [2.05, 4.69) is 4.90 Å². The zero-order valence-electron chi connectivity index (χ0n) is 9.06. The summed E-state index contributed by atoms with van der Waals surface area (Å²) in [5.74, 6) is 0.499. The molecule has 0 heterocycles. The minimum Gasteiger partial charge on any atom is -0.410 e. The lowest BCUT2D eigenvalue weighted by molar-refractivity contribution is 0.211. The average Bonchev–Trinajstić information content (AvgIpc) is 2.14. The van der Waals surface area contributed by atoms with Crippen LogP contribution in [0.1, 0.15) is 5.56 Å². The molecule has 0 radical (unpaired) electrons. The Morgan fingerprint density at radius 2 is 2.20 bits per heavy atom. The summed E-state index contributed by atoms with van der Waals surface area (Å²) >= 11 is 0. The molecule has 0 spiro atoms. The number of hydrogen-bond acceptors (Lipinski definition) is 3. The minimum atomic E-state index is -0.778. The summed E-state index contributed by atoms with van der Waals surface area (Å²) < 4.78 is 4.79. The number of hydrogen-bond donors (Lipinski definition) is 1. The van der Waals surface area contributed by atoms with E-state index in [1.54, 1.807) is 6.07 Å². The molecular weight excluding hydrogens is 192 g/mol. The molecule has 0 aliphatic rings. The van der Waals surface area contributed by atoms with Crippen LogP contribution in [0, 0.1) is 0 Å². The number of benzene rings is 1. The van der Waals surface area contributed by atoms with E-state index in [1.165, 1.54) is 0 Å². The third-order valence-corrected chi connectivity index (χ3v) is 1.96.